The quantitative estimate of drug-likeness (QED) is 0.730. The molecule has 1 N–H and O–H groups in total. The Kier molecular flexibility index (Phi) is 5.36. The number of carbonyl (C=O) groups excluding carboxylic acids is 1. The molecule has 0 radical (unpaired) electrons. The molecule has 0 aliphatic carbocycles. The minimum Gasteiger partial charge on any atom is -0.344 e. The SMILES string of the molecule is CC(NC(=O)c1cn(Cc2ccccc2)nn1)c1ccc(Cl)cc1Cl. The Bertz CT molecular complexity index is 880. The maximum absolute atomic E-state index is 12.4. The fraction of sp³-hybridized carbons (Fsp3) is 0.167. The molecule has 0 bridgehead atoms. The summed E-state index contributed by atoms with van der Waals surface area (Å²) in [6, 6.07) is 14.7. The second-order valence-corrected chi connectivity index (χ2v) is 6.49. The molecule has 0 saturated heterocycles. The maximum atomic E-state index is 12.4. The summed E-state index contributed by atoms with van der Waals surface area (Å²) >= 11 is 12.1. The summed E-state index contributed by atoms with van der Waals surface area (Å²) in [5.41, 5.74) is 2.13. The number of halogens is 2. The van der Waals surface area contributed by atoms with E-state index in [1.807, 2.05) is 37.3 Å². The standard InChI is InChI=1S/C18H16Cl2N4O/c1-12(15-8-7-14(19)9-16(15)20)21-18(25)17-11-24(23-22-17)10-13-5-3-2-4-6-13/h2-9,11-12H,10H2,1H3,(H,21,25). The molecule has 3 aromatic rings. The number of benzene rings is 2. The number of nitrogens with zero attached hydrogens (tertiary/aromatic N) is 3. The van der Waals surface area contributed by atoms with Gasteiger partial charge in [-0.25, -0.2) is 4.68 Å². The highest BCUT2D eigenvalue weighted by molar-refractivity contribution is 6.35. The van der Waals surface area contributed by atoms with E-state index >= 15 is 0 Å². The molecule has 7 heteroatoms. The van der Waals surface area contributed by atoms with E-state index < -0.39 is 0 Å². The zero-order chi connectivity index (χ0) is 17.8. The molecule has 1 atom stereocenters. The van der Waals surface area contributed by atoms with Crippen molar-refractivity contribution in [1.29, 1.82) is 0 Å². The van der Waals surface area contributed by atoms with E-state index in [1.165, 1.54) is 0 Å². The van der Waals surface area contributed by atoms with Crippen LogP contribution in [0.15, 0.2) is 54.7 Å². The third-order valence-electron chi connectivity index (χ3n) is 3.74. The number of aromatic nitrogens is 3. The first-order valence-corrected chi connectivity index (χ1v) is 8.48. The molecule has 0 aliphatic heterocycles. The van der Waals surface area contributed by atoms with Crippen LogP contribution in [0.2, 0.25) is 10.0 Å². The Hall–Kier alpha value is -2.37. The highest BCUT2D eigenvalue weighted by atomic mass is 35.5. The second-order valence-electron chi connectivity index (χ2n) is 5.65. The van der Waals surface area contributed by atoms with Crippen molar-refractivity contribution in [1.82, 2.24) is 20.3 Å². The van der Waals surface area contributed by atoms with Gasteiger partial charge in [-0.1, -0.05) is 64.8 Å². The second kappa shape index (κ2) is 7.68. The summed E-state index contributed by atoms with van der Waals surface area (Å²) in [6.07, 6.45) is 1.62. The van der Waals surface area contributed by atoms with Gasteiger partial charge in [0.1, 0.15) is 0 Å². The number of hydrogen-bond acceptors (Lipinski definition) is 3. The monoisotopic (exact) mass is 374 g/mol. The first kappa shape index (κ1) is 17.5. The van der Waals surface area contributed by atoms with Crippen LogP contribution in [0.4, 0.5) is 0 Å². The van der Waals surface area contributed by atoms with Crippen molar-refractivity contribution in [2.45, 2.75) is 19.5 Å². The van der Waals surface area contributed by atoms with Crippen molar-refractivity contribution in [3.05, 3.63) is 81.6 Å². The van der Waals surface area contributed by atoms with Crippen molar-refractivity contribution in [3.63, 3.8) is 0 Å². The van der Waals surface area contributed by atoms with Gasteiger partial charge < -0.3 is 5.32 Å². The van der Waals surface area contributed by atoms with Gasteiger partial charge >= 0.3 is 0 Å². The van der Waals surface area contributed by atoms with Crippen molar-refractivity contribution in [3.8, 4) is 0 Å². The van der Waals surface area contributed by atoms with Gasteiger partial charge in [-0.05, 0) is 30.2 Å². The van der Waals surface area contributed by atoms with Crippen LogP contribution in [0, 0.1) is 0 Å². The molecule has 25 heavy (non-hydrogen) atoms. The minimum absolute atomic E-state index is 0.257. The van der Waals surface area contributed by atoms with Gasteiger partial charge in [0, 0.05) is 10.0 Å². The van der Waals surface area contributed by atoms with E-state index in [4.69, 9.17) is 23.2 Å². The van der Waals surface area contributed by atoms with Crippen LogP contribution in [0.1, 0.15) is 34.6 Å². The smallest absolute Gasteiger partial charge is 0.273 e. The van der Waals surface area contributed by atoms with E-state index in [0.717, 1.165) is 11.1 Å². The number of carbonyl (C=O) groups is 1. The van der Waals surface area contributed by atoms with E-state index in [9.17, 15) is 4.79 Å². The first-order chi connectivity index (χ1) is 12.0. The lowest BCUT2D eigenvalue weighted by Crippen LogP contribution is -2.27. The summed E-state index contributed by atoms with van der Waals surface area (Å²) in [7, 11) is 0. The number of rotatable bonds is 5. The molecule has 0 aliphatic rings. The van der Waals surface area contributed by atoms with E-state index in [2.05, 4.69) is 15.6 Å². The Morgan fingerprint density at radius 1 is 1.20 bits per heavy atom. The summed E-state index contributed by atoms with van der Waals surface area (Å²) < 4.78 is 1.63. The van der Waals surface area contributed by atoms with E-state index in [0.29, 0.717) is 16.6 Å². The van der Waals surface area contributed by atoms with Gasteiger partial charge in [-0.3, -0.25) is 4.79 Å². The van der Waals surface area contributed by atoms with E-state index in [-0.39, 0.29) is 17.6 Å². The van der Waals surface area contributed by atoms with Gasteiger partial charge in [0.05, 0.1) is 18.8 Å². The van der Waals surface area contributed by atoms with Crippen molar-refractivity contribution < 1.29 is 4.79 Å². The molecule has 1 aromatic heterocycles. The van der Waals surface area contributed by atoms with Gasteiger partial charge in [-0.15, -0.1) is 5.10 Å². The summed E-state index contributed by atoms with van der Waals surface area (Å²) in [5.74, 6) is -0.308. The third kappa shape index (κ3) is 4.38. The number of amides is 1. The molecule has 128 valence electrons. The Labute approximate surface area is 155 Å². The molecule has 1 unspecified atom stereocenters. The fourth-order valence-corrected chi connectivity index (χ4v) is 3.02. The largest absolute Gasteiger partial charge is 0.344 e. The molecular weight excluding hydrogens is 359 g/mol. The highest BCUT2D eigenvalue weighted by Crippen LogP contribution is 2.26. The lowest BCUT2D eigenvalue weighted by Gasteiger charge is -2.15. The van der Waals surface area contributed by atoms with Gasteiger partial charge in [0.15, 0.2) is 5.69 Å². The van der Waals surface area contributed by atoms with Gasteiger partial charge in [0.2, 0.25) is 0 Å². The minimum atomic E-state index is -0.308. The summed E-state index contributed by atoms with van der Waals surface area (Å²) in [5, 5.41) is 11.9. The van der Waals surface area contributed by atoms with Crippen molar-refractivity contribution >= 4 is 29.1 Å². The molecule has 5 nitrogen and oxygen atoms in total. The molecular formula is C18H16Cl2N4O. The molecule has 1 amide bonds. The molecule has 0 fully saturated rings. The zero-order valence-electron chi connectivity index (χ0n) is 13.5. The average molecular weight is 375 g/mol. The predicted octanol–water partition coefficient (Wildman–Crippen LogP) is 4.12. The Morgan fingerprint density at radius 2 is 1.96 bits per heavy atom. The predicted molar refractivity (Wildman–Crippen MR) is 97.9 cm³/mol. The first-order valence-electron chi connectivity index (χ1n) is 7.73. The molecule has 0 saturated carbocycles. The van der Waals surface area contributed by atoms with Crippen molar-refractivity contribution in [2.24, 2.45) is 0 Å². The van der Waals surface area contributed by atoms with Crippen LogP contribution in [0.3, 0.4) is 0 Å². The third-order valence-corrected chi connectivity index (χ3v) is 4.30. The molecule has 2 aromatic carbocycles. The lowest BCUT2D eigenvalue weighted by molar-refractivity contribution is 0.0935. The van der Waals surface area contributed by atoms with Crippen LogP contribution in [-0.2, 0) is 6.54 Å². The fourth-order valence-electron chi connectivity index (χ4n) is 2.45. The van der Waals surface area contributed by atoms with Crippen LogP contribution < -0.4 is 5.32 Å². The number of hydrogen-bond donors (Lipinski definition) is 1. The van der Waals surface area contributed by atoms with Crippen LogP contribution in [0.5, 0.6) is 0 Å². The number of nitrogens with one attached hydrogen (secondary N) is 1. The van der Waals surface area contributed by atoms with Crippen LogP contribution in [0.25, 0.3) is 0 Å². The maximum Gasteiger partial charge on any atom is 0.273 e. The topological polar surface area (TPSA) is 59.8 Å². The van der Waals surface area contributed by atoms with E-state index in [1.54, 1.807) is 29.1 Å². The normalized spacial score (nSPS) is 12.0. The lowest BCUT2D eigenvalue weighted by atomic mass is 10.1. The van der Waals surface area contributed by atoms with Crippen molar-refractivity contribution in [2.75, 3.05) is 0 Å². The summed E-state index contributed by atoms with van der Waals surface area (Å²) in [4.78, 5) is 12.4. The molecule has 0 spiro atoms. The highest BCUT2D eigenvalue weighted by Gasteiger charge is 2.16. The zero-order valence-corrected chi connectivity index (χ0v) is 15.0. The van der Waals surface area contributed by atoms with Gasteiger partial charge in [0.25, 0.3) is 5.91 Å². The van der Waals surface area contributed by atoms with Crippen LogP contribution >= 0.6 is 23.2 Å². The molecule has 3 rings (SSSR count). The average Bonchev–Trinajstić information content (AvgIpc) is 3.04. The van der Waals surface area contributed by atoms with Crippen LogP contribution in [-0.4, -0.2) is 20.9 Å². The Balaban J connectivity index is 1.67. The Morgan fingerprint density at radius 3 is 2.68 bits per heavy atom. The van der Waals surface area contributed by atoms with Gasteiger partial charge in [-0.2, -0.15) is 0 Å². The molecule has 1 heterocycles. The summed E-state index contributed by atoms with van der Waals surface area (Å²) in [6.45, 7) is 2.40.